The van der Waals surface area contributed by atoms with Gasteiger partial charge in [-0.15, -0.1) is 0 Å². The van der Waals surface area contributed by atoms with Gasteiger partial charge >= 0.3 is 0 Å². The molecule has 0 saturated heterocycles. The Labute approximate surface area is 76.7 Å². The molecular formula is C10H12N2O. The third-order valence-electron chi connectivity index (χ3n) is 2.10. The maximum Gasteiger partial charge on any atom is 0.0923 e. The van der Waals surface area contributed by atoms with Crippen molar-refractivity contribution in [2.75, 3.05) is 13.7 Å². The molecule has 0 aliphatic carbocycles. The standard InChI is InChI=1S/C10H12N2O/c1-13-7-6-10-8-4-2-3-5-9(8)11-12-10/h2-5H,6-7H2,1H3,(H,11,12). The maximum absolute atomic E-state index is 5.02. The van der Waals surface area contributed by atoms with Crippen LogP contribution in [0.25, 0.3) is 10.9 Å². The highest BCUT2D eigenvalue weighted by molar-refractivity contribution is 5.81. The van der Waals surface area contributed by atoms with Crippen LogP contribution in [0.2, 0.25) is 0 Å². The second kappa shape index (κ2) is 3.58. The van der Waals surface area contributed by atoms with Gasteiger partial charge in [0, 0.05) is 24.6 Å². The molecular weight excluding hydrogens is 164 g/mol. The van der Waals surface area contributed by atoms with Crippen molar-refractivity contribution in [3.8, 4) is 0 Å². The summed E-state index contributed by atoms with van der Waals surface area (Å²) in [5, 5.41) is 8.40. The monoisotopic (exact) mass is 176 g/mol. The van der Waals surface area contributed by atoms with Crippen molar-refractivity contribution in [2.24, 2.45) is 0 Å². The largest absolute Gasteiger partial charge is 0.384 e. The minimum absolute atomic E-state index is 0.728. The zero-order valence-corrected chi connectivity index (χ0v) is 7.58. The predicted octanol–water partition coefficient (Wildman–Crippen LogP) is 1.75. The number of fused-ring (bicyclic) bond motifs is 1. The predicted molar refractivity (Wildman–Crippen MR) is 51.7 cm³/mol. The molecule has 0 spiro atoms. The summed E-state index contributed by atoms with van der Waals surface area (Å²) in [4.78, 5) is 0. The number of aromatic amines is 1. The molecule has 13 heavy (non-hydrogen) atoms. The molecule has 0 aliphatic rings. The van der Waals surface area contributed by atoms with Gasteiger partial charge in [0.25, 0.3) is 0 Å². The van der Waals surface area contributed by atoms with Gasteiger partial charge in [0.2, 0.25) is 0 Å². The summed E-state index contributed by atoms with van der Waals surface area (Å²) < 4.78 is 5.02. The van der Waals surface area contributed by atoms with Crippen molar-refractivity contribution in [1.29, 1.82) is 0 Å². The number of nitrogens with one attached hydrogen (secondary N) is 1. The van der Waals surface area contributed by atoms with E-state index in [1.165, 1.54) is 5.39 Å². The molecule has 0 saturated carbocycles. The fraction of sp³-hybridized carbons (Fsp3) is 0.300. The van der Waals surface area contributed by atoms with Crippen LogP contribution < -0.4 is 0 Å². The van der Waals surface area contributed by atoms with Gasteiger partial charge in [0.15, 0.2) is 0 Å². The minimum Gasteiger partial charge on any atom is -0.384 e. The van der Waals surface area contributed by atoms with Crippen LogP contribution in [0, 0.1) is 0 Å². The van der Waals surface area contributed by atoms with Crippen LogP contribution in [0.3, 0.4) is 0 Å². The fourth-order valence-electron chi connectivity index (χ4n) is 1.41. The van der Waals surface area contributed by atoms with Crippen molar-refractivity contribution in [2.45, 2.75) is 6.42 Å². The lowest BCUT2D eigenvalue weighted by atomic mass is 10.2. The fourth-order valence-corrected chi connectivity index (χ4v) is 1.41. The molecule has 68 valence electrons. The Morgan fingerprint density at radius 3 is 3.08 bits per heavy atom. The van der Waals surface area contributed by atoms with Gasteiger partial charge in [-0.25, -0.2) is 0 Å². The first-order valence-electron chi connectivity index (χ1n) is 4.33. The van der Waals surface area contributed by atoms with Crippen LogP contribution in [-0.4, -0.2) is 23.9 Å². The topological polar surface area (TPSA) is 37.9 Å². The van der Waals surface area contributed by atoms with Crippen LogP contribution in [0.15, 0.2) is 24.3 Å². The Balaban J connectivity index is 2.35. The number of methoxy groups -OCH3 is 1. The molecule has 0 fully saturated rings. The van der Waals surface area contributed by atoms with E-state index in [1.807, 2.05) is 18.2 Å². The van der Waals surface area contributed by atoms with Crippen molar-refractivity contribution in [3.63, 3.8) is 0 Å². The summed E-state index contributed by atoms with van der Waals surface area (Å²) in [6.07, 6.45) is 0.886. The van der Waals surface area contributed by atoms with Gasteiger partial charge in [-0.3, -0.25) is 5.10 Å². The molecule has 1 N–H and O–H groups in total. The van der Waals surface area contributed by atoms with Crippen molar-refractivity contribution in [1.82, 2.24) is 10.2 Å². The molecule has 3 nitrogen and oxygen atoms in total. The van der Waals surface area contributed by atoms with Crippen LogP contribution in [0.4, 0.5) is 0 Å². The van der Waals surface area contributed by atoms with Gasteiger partial charge < -0.3 is 4.74 Å². The van der Waals surface area contributed by atoms with Gasteiger partial charge in [-0.2, -0.15) is 5.10 Å². The first kappa shape index (κ1) is 8.26. The molecule has 1 aromatic carbocycles. The van der Waals surface area contributed by atoms with Crippen LogP contribution in [-0.2, 0) is 11.2 Å². The molecule has 0 unspecified atom stereocenters. The summed E-state index contributed by atoms with van der Waals surface area (Å²) in [5.41, 5.74) is 2.17. The molecule has 3 heteroatoms. The number of hydrogen-bond acceptors (Lipinski definition) is 2. The van der Waals surface area contributed by atoms with E-state index >= 15 is 0 Å². The quantitative estimate of drug-likeness (QED) is 0.773. The summed E-state index contributed by atoms with van der Waals surface area (Å²) in [7, 11) is 1.71. The molecule has 0 radical (unpaired) electrons. The number of H-pyrrole nitrogens is 1. The highest BCUT2D eigenvalue weighted by Crippen LogP contribution is 2.15. The summed E-state index contributed by atoms with van der Waals surface area (Å²) >= 11 is 0. The molecule has 0 atom stereocenters. The van der Waals surface area contributed by atoms with Crippen LogP contribution in [0.1, 0.15) is 5.69 Å². The lowest BCUT2D eigenvalue weighted by molar-refractivity contribution is 0.201. The van der Waals surface area contributed by atoms with Gasteiger partial charge in [0.05, 0.1) is 12.1 Å². The molecule has 1 heterocycles. The normalized spacial score (nSPS) is 10.8. The number of nitrogens with zero attached hydrogens (tertiary/aromatic N) is 1. The second-order valence-electron chi connectivity index (χ2n) is 2.96. The number of aromatic nitrogens is 2. The Morgan fingerprint density at radius 2 is 2.23 bits per heavy atom. The Morgan fingerprint density at radius 1 is 1.38 bits per heavy atom. The van der Waals surface area contributed by atoms with Crippen molar-refractivity contribution >= 4 is 10.9 Å². The maximum atomic E-state index is 5.02. The van der Waals surface area contributed by atoms with Gasteiger partial charge in [0.1, 0.15) is 0 Å². The van der Waals surface area contributed by atoms with E-state index in [0.717, 1.165) is 24.2 Å². The summed E-state index contributed by atoms with van der Waals surface area (Å²) in [5.74, 6) is 0. The first-order chi connectivity index (χ1) is 6.42. The minimum atomic E-state index is 0.728. The zero-order chi connectivity index (χ0) is 9.10. The Hall–Kier alpha value is -1.35. The van der Waals surface area contributed by atoms with Crippen LogP contribution >= 0.6 is 0 Å². The smallest absolute Gasteiger partial charge is 0.0923 e. The van der Waals surface area contributed by atoms with Gasteiger partial charge in [-0.05, 0) is 6.07 Å². The Kier molecular flexibility index (Phi) is 2.27. The summed E-state index contributed by atoms with van der Waals surface area (Å²) in [6.45, 7) is 0.728. The molecule has 0 bridgehead atoms. The van der Waals surface area contributed by atoms with E-state index in [1.54, 1.807) is 7.11 Å². The van der Waals surface area contributed by atoms with E-state index in [2.05, 4.69) is 16.3 Å². The lowest BCUT2D eigenvalue weighted by Crippen LogP contribution is -1.94. The van der Waals surface area contributed by atoms with E-state index in [0.29, 0.717) is 0 Å². The van der Waals surface area contributed by atoms with E-state index in [-0.39, 0.29) is 0 Å². The average Bonchev–Trinajstić information content (AvgIpc) is 2.58. The summed E-state index contributed by atoms with van der Waals surface area (Å²) in [6, 6.07) is 8.09. The molecule has 2 aromatic rings. The first-order valence-corrected chi connectivity index (χ1v) is 4.33. The molecule has 1 aromatic heterocycles. The van der Waals surface area contributed by atoms with Crippen molar-refractivity contribution in [3.05, 3.63) is 30.0 Å². The zero-order valence-electron chi connectivity index (χ0n) is 7.58. The third kappa shape index (κ3) is 1.55. The lowest BCUT2D eigenvalue weighted by Gasteiger charge is -1.96. The average molecular weight is 176 g/mol. The van der Waals surface area contributed by atoms with E-state index < -0.39 is 0 Å². The number of para-hydroxylation sites is 1. The number of benzene rings is 1. The van der Waals surface area contributed by atoms with Crippen molar-refractivity contribution < 1.29 is 4.74 Å². The molecule has 2 rings (SSSR count). The van der Waals surface area contributed by atoms with E-state index in [4.69, 9.17) is 4.74 Å². The molecule has 0 amide bonds. The number of rotatable bonds is 3. The van der Waals surface area contributed by atoms with E-state index in [9.17, 15) is 0 Å². The van der Waals surface area contributed by atoms with Gasteiger partial charge in [-0.1, -0.05) is 18.2 Å². The van der Waals surface area contributed by atoms with Crippen LogP contribution in [0.5, 0.6) is 0 Å². The third-order valence-corrected chi connectivity index (χ3v) is 2.10. The number of ether oxygens (including phenoxy) is 1. The molecule has 0 aliphatic heterocycles. The highest BCUT2D eigenvalue weighted by atomic mass is 16.5. The number of hydrogen-bond donors (Lipinski definition) is 1. The SMILES string of the molecule is COCCc1[nH]nc2ccccc12. The highest BCUT2D eigenvalue weighted by Gasteiger charge is 2.02. The Bertz CT molecular complexity index is 394. The second-order valence-corrected chi connectivity index (χ2v) is 2.96.